The van der Waals surface area contributed by atoms with Crippen molar-refractivity contribution in [3.63, 3.8) is 0 Å². The monoisotopic (exact) mass is 366 g/mol. The molecule has 0 bridgehead atoms. The average molecular weight is 366 g/mol. The standard InChI is InChI=1S/C20H22N4OS/c1-11(2)14-8-9-16-15(10-14)18(19(25)21-16)23-24-20(26)22-17-12(3)6-5-7-13(17)4/h5-11,21,25H,1-4H3,(H,22,26). The van der Waals surface area contributed by atoms with Crippen molar-refractivity contribution in [3.05, 3.63) is 53.1 Å². The third-order valence-corrected chi connectivity index (χ3v) is 4.58. The number of H-pyrrole nitrogens is 1. The van der Waals surface area contributed by atoms with Gasteiger partial charge in [0, 0.05) is 11.1 Å². The van der Waals surface area contributed by atoms with E-state index in [1.54, 1.807) is 0 Å². The number of fused-ring (bicyclic) bond motifs is 1. The van der Waals surface area contributed by atoms with Crippen molar-refractivity contribution in [2.45, 2.75) is 33.6 Å². The number of para-hydroxylation sites is 1. The number of aromatic hydroxyl groups is 1. The SMILES string of the molecule is Cc1cccc(C)c1NC(=S)N=Nc1c(O)[nH]c2ccc(C(C)C)cc12. The van der Waals surface area contributed by atoms with E-state index in [0.717, 1.165) is 27.7 Å². The number of hydrogen-bond acceptors (Lipinski definition) is 3. The molecule has 3 aromatic rings. The van der Waals surface area contributed by atoms with Crippen molar-refractivity contribution in [1.29, 1.82) is 0 Å². The summed E-state index contributed by atoms with van der Waals surface area (Å²) >= 11 is 5.30. The predicted octanol–water partition coefficient (Wildman–Crippen LogP) is 6.09. The summed E-state index contributed by atoms with van der Waals surface area (Å²) in [5.74, 6) is 0.368. The summed E-state index contributed by atoms with van der Waals surface area (Å²) in [6.45, 7) is 8.26. The smallest absolute Gasteiger partial charge is 0.218 e. The van der Waals surface area contributed by atoms with Crippen LogP contribution in [0.15, 0.2) is 46.6 Å². The third kappa shape index (κ3) is 3.60. The minimum atomic E-state index is -0.0143. The van der Waals surface area contributed by atoms with E-state index in [-0.39, 0.29) is 11.0 Å². The summed E-state index contributed by atoms with van der Waals surface area (Å²) in [5.41, 5.74) is 5.48. The van der Waals surface area contributed by atoms with Crippen LogP contribution in [0.1, 0.15) is 36.5 Å². The lowest BCUT2D eigenvalue weighted by molar-refractivity contribution is 0.459. The van der Waals surface area contributed by atoms with E-state index < -0.39 is 0 Å². The van der Waals surface area contributed by atoms with Crippen LogP contribution in [0.5, 0.6) is 5.88 Å². The maximum Gasteiger partial charge on any atom is 0.218 e. The largest absolute Gasteiger partial charge is 0.493 e. The second-order valence-electron chi connectivity index (χ2n) is 6.68. The summed E-state index contributed by atoms with van der Waals surface area (Å²) in [5, 5.41) is 22.7. The van der Waals surface area contributed by atoms with Gasteiger partial charge in [0.1, 0.15) is 0 Å². The highest BCUT2D eigenvalue weighted by Crippen LogP contribution is 2.37. The molecule has 0 radical (unpaired) electrons. The molecule has 1 aromatic heterocycles. The molecule has 5 nitrogen and oxygen atoms in total. The Morgan fingerprint density at radius 2 is 1.85 bits per heavy atom. The second-order valence-corrected chi connectivity index (χ2v) is 7.07. The molecule has 0 amide bonds. The molecule has 0 aliphatic carbocycles. The molecule has 2 aromatic carbocycles. The Morgan fingerprint density at radius 1 is 1.15 bits per heavy atom. The Bertz CT molecular complexity index is 984. The molecular formula is C20H22N4OS. The van der Waals surface area contributed by atoms with Crippen LogP contribution >= 0.6 is 12.2 Å². The summed E-state index contributed by atoms with van der Waals surface area (Å²) < 4.78 is 0. The van der Waals surface area contributed by atoms with Crippen LogP contribution < -0.4 is 5.32 Å². The van der Waals surface area contributed by atoms with Gasteiger partial charge in [0.05, 0.1) is 5.52 Å². The molecule has 26 heavy (non-hydrogen) atoms. The molecule has 134 valence electrons. The number of hydrogen-bond donors (Lipinski definition) is 3. The number of thiocarbonyl (C=S) groups is 1. The van der Waals surface area contributed by atoms with Crippen LogP contribution in [0, 0.1) is 13.8 Å². The maximum absolute atomic E-state index is 10.2. The predicted molar refractivity (Wildman–Crippen MR) is 111 cm³/mol. The van der Waals surface area contributed by atoms with E-state index >= 15 is 0 Å². The van der Waals surface area contributed by atoms with E-state index in [4.69, 9.17) is 12.2 Å². The zero-order valence-corrected chi connectivity index (χ0v) is 16.1. The number of nitrogens with zero attached hydrogens (tertiary/aromatic N) is 2. The molecule has 0 aliphatic heterocycles. The molecule has 3 rings (SSSR count). The van der Waals surface area contributed by atoms with Gasteiger partial charge in [0.25, 0.3) is 0 Å². The average Bonchev–Trinajstić information content (AvgIpc) is 2.90. The number of aromatic nitrogens is 1. The van der Waals surface area contributed by atoms with Crippen molar-refractivity contribution >= 4 is 39.6 Å². The first-order valence-electron chi connectivity index (χ1n) is 8.50. The molecule has 0 saturated heterocycles. The fraction of sp³-hybridized carbons (Fsp3) is 0.250. The lowest BCUT2D eigenvalue weighted by Crippen LogP contribution is -2.07. The van der Waals surface area contributed by atoms with E-state index in [2.05, 4.69) is 34.4 Å². The maximum atomic E-state index is 10.2. The molecule has 0 aliphatic rings. The number of rotatable bonds is 3. The van der Waals surface area contributed by atoms with Gasteiger partial charge in [-0.25, -0.2) is 0 Å². The summed E-state index contributed by atoms with van der Waals surface area (Å²) in [6.07, 6.45) is 0. The summed E-state index contributed by atoms with van der Waals surface area (Å²) in [4.78, 5) is 2.92. The molecule has 0 spiro atoms. The highest BCUT2D eigenvalue weighted by atomic mass is 32.1. The number of benzene rings is 2. The van der Waals surface area contributed by atoms with E-state index in [9.17, 15) is 5.11 Å². The number of anilines is 1. The molecule has 1 heterocycles. The van der Waals surface area contributed by atoms with Crippen molar-refractivity contribution in [2.75, 3.05) is 5.32 Å². The Labute approximate surface area is 158 Å². The van der Waals surface area contributed by atoms with Gasteiger partial charge in [0.15, 0.2) is 5.69 Å². The lowest BCUT2D eigenvalue weighted by atomic mass is 10.0. The van der Waals surface area contributed by atoms with Gasteiger partial charge >= 0.3 is 0 Å². The van der Waals surface area contributed by atoms with Gasteiger partial charge in [-0.05, 0) is 60.8 Å². The van der Waals surface area contributed by atoms with Crippen LogP contribution in [0.2, 0.25) is 0 Å². The highest BCUT2D eigenvalue weighted by Gasteiger charge is 2.12. The van der Waals surface area contributed by atoms with Gasteiger partial charge in [-0.1, -0.05) is 38.1 Å². The van der Waals surface area contributed by atoms with Gasteiger partial charge < -0.3 is 15.4 Å². The molecule has 0 fully saturated rings. The van der Waals surface area contributed by atoms with Crippen molar-refractivity contribution < 1.29 is 5.11 Å². The zero-order valence-electron chi connectivity index (χ0n) is 15.3. The van der Waals surface area contributed by atoms with E-state index in [0.29, 0.717) is 11.6 Å². The lowest BCUT2D eigenvalue weighted by Gasteiger charge is -2.10. The van der Waals surface area contributed by atoms with Gasteiger partial charge in [-0.2, -0.15) is 0 Å². The van der Waals surface area contributed by atoms with Crippen LogP contribution in [0.4, 0.5) is 11.4 Å². The fourth-order valence-corrected chi connectivity index (χ4v) is 3.02. The van der Waals surface area contributed by atoms with Crippen LogP contribution in [0.25, 0.3) is 10.9 Å². The van der Waals surface area contributed by atoms with Crippen LogP contribution in [0.3, 0.4) is 0 Å². The number of nitrogens with one attached hydrogen (secondary N) is 2. The second kappa shape index (κ2) is 7.25. The molecule has 0 unspecified atom stereocenters. The number of aryl methyl sites for hydroxylation is 2. The number of azo groups is 1. The molecule has 3 N–H and O–H groups in total. The Balaban J connectivity index is 1.89. The van der Waals surface area contributed by atoms with Crippen molar-refractivity contribution in [3.8, 4) is 5.88 Å². The van der Waals surface area contributed by atoms with Crippen LogP contribution in [-0.4, -0.2) is 15.2 Å². The number of aromatic amines is 1. The minimum Gasteiger partial charge on any atom is -0.493 e. The highest BCUT2D eigenvalue weighted by molar-refractivity contribution is 7.80. The molecular weight excluding hydrogens is 344 g/mol. The van der Waals surface area contributed by atoms with Gasteiger partial charge in [-0.3, -0.25) is 0 Å². The molecule has 0 atom stereocenters. The first kappa shape index (κ1) is 18.1. The first-order chi connectivity index (χ1) is 12.4. The fourth-order valence-electron chi connectivity index (χ4n) is 2.88. The van der Waals surface area contributed by atoms with Crippen LogP contribution in [-0.2, 0) is 0 Å². The third-order valence-electron chi connectivity index (χ3n) is 4.40. The zero-order chi connectivity index (χ0) is 18.8. The first-order valence-corrected chi connectivity index (χ1v) is 8.91. The summed E-state index contributed by atoms with van der Waals surface area (Å²) in [7, 11) is 0. The normalized spacial score (nSPS) is 11.6. The van der Waals surface area contributed by atoms with Gasteiger partial charge in [-0.15, -0.1) is 10.2 Å². The summed E-state index contributed by atoms with van der Waals surface area (Å²) in [6, 6.07) is 12.0. The van der Waals surface area contributed by atoms with E-state index in [1.165, 1.54) is 5.56 Å². The Kier molecular flexibility index (Phi) is 5.04. The van der Waals surface area contributed by atoms with Gasteiger partial charge in [0.2, 0.25) is 11.0 Å². The molecule has 6 heteroatoms. The Morgan fingerprint density at radius 3 is 2.50 bits per heavy atom. The van der Waals surface area contributed by atoms with E-state index in [1.807, 2.05) is 50.2 Å². The minimum absolute atomic E-state index is 0.0143. The molecule has 0 saturated carbocycles. The quantitative estimate of drug-likeness (QED) is 0.388. The van der Waals surface area contributed by atoms with Crippen molar-refractivity contribution in [1.82, 2.24) is 4.98 Å². The van der Waals surface area contributed by atoms with Crippen molar-refractivity contribution in [2.24, 2.45) is 10.2 Å². The Hall–Kier alpha value is -2.73. The topological polar surface area (TPSA) is 72.8 Å².